The molecule has 5 nitrogen and oxygen atoms in total. The van der Waals surface area contributed by atoms with Gasteiger partial charge in [0.1, 0.15) is 5.75 Å². The van der Waals surface area contributed by atoms with Gasteiger partial charge in [-0.25, -0.2) is 0 Å². The molecular formula is C16H20Cl2N2O3. The molecule has 2 heterocycles. The van der Waals surface area contributed by atoms with Crippen LogP contribution in [-0.2, 0) is 4.79 Å². The van der Waals surface area contributed by atoms with Crippen LogP contribution in [0.3, 0.4) is 0 Å². The Morgan fingerprint density at radius 2 is 2.22 bits per heavy atom. The first-order chi connectivity index (χ1) is 10.9. The Kier molecular flexibility index (Phi) is 4.49. The number of hydrogen-bond donors (Lipinski definition) is 2. The van der Waals surface area contributed by atoms with Gasteiger partial charge in [0, 0.05) is 30.6 Å². The van der Waals surface area contributed by atoms with Crippen LogP contribution in [0.5, 0.6) is 5.75 Å². The van der Waals surface area contributed by atoms with E-state index in [1.54, 1.807) is 19.2 Å². The molecule has 3 rings (SSSR count). The van der Waals surface area contributed by atoms with Crippen LogP contribution < -0.4 is 10.5 Å². The predicted molar refractivity (Wildman–Crippen MR) is 89.1 cm³/mol. The van der Waals surface area contributed by atoms with E-state index in [0.717, 1.165) is 5.56 Å². The SMILES string of the molecule is COc1ccc(Cl)c(Cl)c1[C@H]1C[C@H]2CC(O)(CN)CC(=O)N2C1. The first kappa shape index (κ1) is 16.8. The molecule has 2 fully saturated rings. The summed E-state index contributed by atoms with van der Waals surface area (Å²) in [5, 5.41) is 11.3. The Balaban J connectivity index is 1.91. The Morgan fingerprint density at radius 1 is 1.48 bits per heavy atom. The van der Waals surface area contributed by atoms with E-state index in [9.17, 15) is 9.90 Å². The second kappa shape index (κ2) is 6.13. The number of piperidine rings is 1. The second-order valence-corrected chi connectivity index (χ2v) is 7.20. The molecule has 0 aromatic heterocycles. The highest BCUT2D eigenvalue weighted by Crippen LogP contribution is 2.46. The highest BCUT2D eigenvalue weighted by molar-refractivity contribution is 6.42. The van der Waals surface area contributed by atoms with E-state index in [-0.39, 0.29) is 30.8 Å². The Morgan fingerprint density at radius 3 is 2.87 bits per heavy atom. The Hall–Kier alpha value is -1.01. The lowest BCUT2D eigenvalue weighted by Crippen LogP contribution is -2.54. The smallest absolute Gasteiger partial charge is 0.225 e. The lowest BCUT2D eigenvalue weighted by molar-refractivity contribution is -0.145. The lowest BCUT2D eigenvalue weighted by Gasteiger charge is -2.39. The van der Waals surface area contributed by atoms with Crippen molar-refractivity contribution in [3.05, 3.63) is 27.7 Å². The van der Waals surface area contributed by atoms with Gasteiger partial charge < -0.3 is 20.5 Å². The Labute approximate surface area is 145 Å². The van der Waals surface area contributed by atoms with Gasteiger partial charge in [-0.15, -0.1) is 0 Å². The standard InChI is InChI=1S/C16H20Cl2N2O3/c1-23-12-3-2-11(17)15(18)14(12)9-4-10-5-16(22,8-19)6-13(21)20(10)7-9/h2-3,9-10,22H,4-8,19H2,1H3/t9-,10-,16?/m0/s1. The van der Waals surface area contributed by atoms with E-state index in [2.05, 4.69) is 0 Å². The van der Waals surface area contributed by atoms with Crippen LogP contribution in [-0.4, -0.2) is 47.8 Å². The van der Waals surface area contributed by atoms with E-state index < -0.39 is 5.60 Å². The molecule has 7 heteroatoms. The van der Waals surface area contributed by atoms with Crippen molar-refractivity contribution in [2.45, 2.75) is 36.8 Å². The maximum atomic E-state index is 12.4. The first-order valence-electron chi connectivity index (χ1n) is 7.62. The molecule has 126 valence electrons. The zero-order chi connectivity index (χ0) is 16.8. The normalized spacial score (nSPS) is 30.5. The molecule has 3 atom stereocenters. The van der Waals surface area contributed by atoms with Crippen molar-refractivity contribution in [1.29, 1.82) is 0 Å². The number of aliphatic hydroxyl groups is 1. The summed E-state index contributed by atoms with van der Waals surface area (Å²) in [6.45, 7) is 0.648. The van der Waals surface area contributed by atoms with E-state index >= 15 is 0 Å². The quantitative estimate of drug-likeness (QED) is 0.867. The van der Waals surface area contributed by atoms with Crippen LogP contribution >= 0.6 is 23.2 Å². The van der Waals surface area contributed by atoms with Crippen molar-refractivity contribution in [3.63, 3.8) is 0 Å². The molecule has 0 saturated carbocycles. The van der Waals surface area contributed by atoms with Gasteiger partial charge in [-0.1, -0.05) is 23.2 Å². The van der Waals surface area contributed by atoms with Gasteiger partial charge in [-0.2, -0.15) is 0 Å². The number of carbonyl (C=O) groups is 1. The summed E-state index contributed by atoms with van der Waals surface area (Å²) in [6, 6.07) is 3.46. The molecule has 1 unspecified atom stereocenters. The van der Waals surface area contributed by atoms with Crippen molar-refractivity contribution < 1.29 is 14.6 Å². The third-order valence-corrected chi connectivity index (χ3v) is 5.75. The van der Waals surface area contributed by atoms with Crippen LogP contribution in [0.15, 0.2) is 12.1 Å². The molecule has 23 heavy (non-hydrogen) atoms. The summed E-state index contributed by atoms with van der Waals surface area (Å²) in [6.07, 6.45) is 1.28. The summed E-state index contributed by atoms with van der Waals surface area (Å²) in [4.78, 5) is 14.2. The number of nitrogens with two attached hydrogens (primary N) is 1. The van der Waals surface area contributed by atoms with Crippen LogP contribution in [0, 0.1) is 0 Å². The lowest BCUT2D eigenvalue weighted by atomic mass is 9.85. The van der Waals surface area contributed by atoms with Crippen molar-refractivity contribution in [3.8, 4) is 5.75 Å². The van der Waals surface area contributed by atoms with Gasteiger partial charge in [-0.3, -0.25) is 4.79 Å². The van der Waals surface area contributed by atoms with Gasteiger partial charge in [0.25, 0.3) is 0 Å². The van der Waals surface area contributed by atoms with Gasteiger partial charge >= 0.3 is 0 Å². The first-order valence-corrected chi connectivity index (χ1v) is 8.38. The summed E-state index contributed by atoms with van der Waals surface area (Å²) >= 11 is 12.5. The van der Waals surface area contributed by atoms with Crippen molar-refractivity contribution in [1.82, 2.24) is 4.90 Å². The highest BCUT2D eigenvalue weighted by Gasteiger charge is 2.47. The summed E-state index contributed by atoms with van der Waals surface area (Å²) in [5.41, 5.74) is 5.37. The fraction of sp³-hybridized carbons (Fsp3) is 0.562. The summed E-state index contributed by atoms with van der Waals surface area (Å²) < 4.78 is 5.42. The zero-order valence-electron chi connectivity index (χ0n) is 12.9. The van der Waals surface area contributed by atoms with Crippen LogP contribution in [0.2, 0.25) is 10.0 Å². The number of benzene rings is 1. The number of methoxy groups -OCH3 is 1. The van der Waals surface area contributed by atoms with Crippen molar-refractivity contribution in [2.24, 2.45) is 5.73 Å². The number of fused-ring (bicyclic) bond motifs is 1. The molecule has 1 aromatic rings. The number of amides is 1. The molecule has 0 radical (unpaired) electrons. The van der Waals surface area contributed by atoms with E-state index in [1.165, 1.54) is 0 Å². The van der Waals surface area contributed by atoms with E-state index in [0.29, 0.717) is 35.2 Å². The average Bonchev–Trinajstić information content (AvgIpc) is 2.93. The molecule has 0 aliphatic carbocycles. The maximum Gasteiger partial charge on any atom is 0.225 e. The molecule has 0 bridgehead atoms. The highest BCUT2D eigenvalue weighted by atomic mass is 35.5. The minimum Gasteiger partial charge on any atom is -0.496 e. The monoisotopic (exact) mass is 358 g/mol. The number of nitrogens with zero attached hydrogens (tertiary/aromatic N) is 1. The summed E-state index contributed by atoms with van der Waals surface area (Å²) in [7, 11) is 1.59. The largest absolute Gasteiger partial charge is 0.496 e. The van der Waals surface area contributed by atoms with Crippen molar-refractivity contribution >= 4 is 29.1 Å². The third-order valence-electron chi connectivity index (χ3n) is 4.93. The van der Waals surface area contributed by atoms with E-state index in [4.69, 9.17) is 33.7 Å². The maximum absolute atomic E-state index is 12.4. The molecule has 2 aliphatic rings. The number of hydrogen-bond acceptors (Lipinski definition) is 4. The molecule has 2 aliphatic heterocycles. The number of ether oxygens (including phenoxy) is 1. The number of halogens is 2. The fourth-order valence-corrected chi connectivity index (χ4v) is 4.26. The summed E-state index contributed by atoms with van der Waals surface area (Å²) in [5.74, 6) is 0.643. The molecule has 1 aromatic carbocycles. The third kappa shape index (κ3) is 2.91. The van der Waals surface area contributed by atoms with Gasteiger partial charge in [0.15, 0.2) is 0 Å². The van der Waals surface area contributed by atoms with Gasteiger partial charge in [-0.05, 0) is 25.0 Å². The predicted octanol–water partition coefficient (Wildman–Crippen LogP) is 2.17. The molecule has 0 spiro atoms. The van der Waals surface area contributed by atoms with Crippen molar-refractivity contribution in [2.75, 3.05) is 20.2 Å². The van der Waals surface area contributed by atoms with Gasteiger partial charge in [0.05, 0.1) is 29.2 Å². The molecular weight excluding hydrogens is 339 g/mol. The fourth-order valence-electron chi connectivity index (χ4n) is 3.78. The molecule has 2 saturated heterocycles. The number of rotatable bonds is 3. The topological polar surface area (TPSA) is 75.8 Å². The minimum absolute atomic E-state index is 0.0326. The second-order valence-electron chi connectivity index (χ2n) is 6.42. The van der Waals surface area contributed by atoms with Crippen LogP contribution in [0.25, 0.3) is 0 Å². The van der Waals surface area contributed by atoms with Crippen LogP contribution in [0.1, 0.15) is 30.7 Å². The minimum atomic E-state index is -1.10. The van der Waals surface area contributed by atoms with E-state index in [1.807, 2.05) is 4.90 Å². The van der Waals surface area contributed by atoms with Crippen LogP contribution in [0.4, 0.5) is 0 Å². The molecule has 3 N–H and O–H groups in total. The Bertz CT molecular complexity index is 640. The number of carbonyl (C=O) groups excluding carboxylic acids is 1. The van der Waals surface area contributed by atoms with Gasteiger partial charge in [0.2, 0.25) is 5.91 Å². The average molecular weight is 359 g/mol. The zero-order valence-corrected chi connectivity index (χ0v) is 14.4. The molecule has 1 amide bonds.